The SMILES string of the molecule is CC(C)N(CC(=O)NCc1cccc(-c2cnc(C(F)(F)F)cn2)c1)S(=O)(=O)c1cncc(Cl)c1. The first-order chi connectivity index (χ1) is 16.4. The van der Waals surface area contributed by atoms with Crippen LogP contribution in [0.4, 0.5) is 13.2 Å². The number of nitrogens with zero attached hydrogens (tertiary/aromatic N) is 4. The van der Waals surface area contributed by atoms with Crippen molar-refractivity contribution in [3.63, 3.8) is 0 Å². The molecule has 0 fully saturated rings. The van der Waals surface area contributed by atoms with Gasteiger partial charge in [-0.1, -0.05) is 29.8 Å². The van der Waals surface area contributed by atoms with Crippen LogP contribution < -0.4 is 5.32 Å². The molecule has 0 aliphatic carbocycles. The second kappa shape index (κ2) is 10.7. The summed E-state index contributed by atoms with van der Waals surface area (Å²) in [7, 11) is -4.03. The van der Waals surface area contributed by atoms with Gasteiger partial charge in [-0.15, -0.1) is 0 Å². The zero-order chi connectivity index (χ0) is 25.8. The third-order valence-corrected chi connectivity index (χ3v) is 7.01. The van der Waals surface area contributed by atoms with Crippen LogP contribution in [0.1, 0.15) is 25.1 Å². The zero-order valence-electron chi connectivity index (χ0n) is 18.6. The van der Waals surface area contributed by atoms with E-state index in [0.717, 1.165) is 16.7 Å². The van der Waals surface area contributed by atoms with Crippen molar-refractivity contribution in [2.75, 3.05) is 6.54 Å². The first-order valence-corrected chi connectivity index (χ1v) is 12.1. The Morgan fingerprint density at radius 3 is 2.46 bits per heavy atom. The van der Waals surface area contributed by atoms with Gasteiger partial charge in [0.25, 0.3) is 0 Å². The van der Waals surface area contributed by atoms with Crippen molar-refractivity contribution in [1.82, 2.24) is 24.6 Å². The molecule has 0 unspecified atom stereocenters. The van der Waals surface area contributed by atoms with E-state index in [0.29, 0.717) is 17.3 Å². The van der Waals surface area contributed by atoms with E-state index in [1.165, 1.54) is 12.3 Å². The van der Waals surface area contributed by atoms with Gasteiger partial charge in [0.05, 0.1) is 29.7 Å². The first kappa shape index (κ1) is 26.5. The minimum atomic E-state index is -4.59. The average Bonchev–Trinajstić information content (AvgIpc) is 2.80. The molecule has 3 rings (SSSR count). The molecular formula is C22H21ClF3N5O3S. The molecule has 0 aliphatic heterocycles. The molecule has 0 bridgehead atoms. The van der Waals surface area contributed by atoms with E-state index in [4.69, 9.17) is 11.6 Å². The summed E-state index contributed by atoms with van der Waals surface area (Å²) < 4.78 is 65.1. The Morgan fingerprint density at radius 2 is 1.86 bits per heavy atom. The molecule has 8 nitrogen and oxygen atoms in total. The zero-order valence-corrected chi connectivity index (χ0v) is 20.2. The van der Waals surface area contributed by atoms with E-state index < -0.39 is 40.4 Å². The van der Waals surface area contributed by atoms with Crippen LogP contribution in [0.3, 0.4) is 0 Å². The van der Waals surface area contributed by atoms with Crippen molar-refractivity contribution >= 4 is 27.5 Å². The smallest absolute Gasteiger partial charge is 0.351 e. The maximum atomic E-state index is 13.0. The molecule has 0 saturated heterocycles. The Kier molecular flexibility index (Phi) is 8.08. The van der Waals surface area contributed by atoms with Gasteiger partial charge in [-0.2, -0.15) is 17.5 Å². The fourth-order valence-corrected chi connectivity index (χ4v) is 4.90. The van der Waals surface area contributed by atoms with Crippen LogP contribution in [0.5, 0.6) is 0 Å². The molecule has 0 radical (unpaired) electrons. The summed E-state index contributed by atoms with van der Waals surface area (Å²) in [5.74, 6) is -0.544. The van der Waals surface area contributed by atoms with E-state index in [1.54, 1.807) is 38.1 Å². The Bertz CT molecular complexity index is 1300. The lowest BCUT2D eigenvalue weighted by molar-refractivity contribution is -0.141. The van der Waals surface area contributed by atoms with Gasteiger partial charge >= 0.3 is 6.18 Å². The van der Waals surface area contributed by atoms with Gasteiger partial charge in [0.1, 0.15) is 4.90 Å². The molecule has 2 heterocycles. The fourth-order valence-electron chi connectivity index (χ4n) is 3.08. The highest BCUT2D eigenvalue weighted by molar-refractivity contribution is 7.89. The van der Waals surface area contributed by atoms with Crippen LogP contribution in [-0.2, 0) is 27.5 Å². The van der Waals surface area contributed by atoms with Crippen molar-refractivity contribution in [1.29, 1.82) is 0 Å². The van der Waals surface area contributed by atoms with E-state index in [-0.39, 0.29) is 22.2 Å². The third-order valence-electron chi connectivity index (χ3n) is 4.82. The maximum absolute atomic E-state index is 13.0. The molecule has 0 aliphatic rings. The van der Waals surface area contributed by atoms with Crippen LogP contribution in [0, 0.1) is 0 Å². The van der Waals surface area contributed by atoms with Crippen molar-refractivity contribution in [3.8, 4) is 11.3 Å². The quantitative estimate of drug-likeness (QED) is 0.476. The summed E-state index contributed by atoms with van der Waals surface area (Å²) in [4.78, 5) is 23.5. The van der Waals surface area contributed by atoms with Gasteiger partial charge in [0.15, 0.2) is 5.69 Å². The largest absolute Gasteiger partial charge is 0.434 e. The number of halogens is 4. The topological polar surface area (TPSA) is 105 Å². The minimum Gasteiger partial charge on any atom is -0.351 e. The highest BCUT2D eigenvalue weighted by Crippen LogP contribution is 2.28. The van der Waals surface area contributed by atoms with Gasteiger partial charge in [-0.05, 0) is 31.5 Å². The van der Waals surface area contributed by atoms with E-state index >= 15 is 0 Å². The number of sulfonamides is 1. The number of amides is 1. The van der Waals surface area contributed by atoms with E-state index in [2.05, 4.69) is 20.3 Å². The van der Waals surface area contributed by atoms with Gasteiger partial charge in [-0.3, -0.25) is 14.8 Å². The Labute approximate surface area is 205 Å². The lowest BCUT2D eigenvalue weighted by atomic mass is 10.1. The van der Waals surface area contributed by atoms with Crippen LogP contribution in [-0.4, -0.2) is 46.2 Å². The molecule has 2 aromatic heterocycles. The normalized spacial score (nSPS) is 12.2. The van der Waals surface area contributed by atoms with E-state index in [9.17, 15) is 26.4 Å². The molecule has 0 saturated carbocycles. The predicted octanol–water partition coefficient (Wildman–Crippen LogP) is 3.93. The number of carbonyl (C=O) groups excluding carboxylic acids is 1. The number of hydrogen-bond acceptors (Lipinski definition) is 6. The molecule has 3 aromatic rings. The van der Waals surface area contributed by atoms with Crippen molar-refractivity contribution in [2.45, 2.75) is 37.5 Å². The predicted molar refractivity (Wildman–Crippen MR) is 123 cm³/mol. The van der Waals surface area contributed by atoms with Crippen LogP contribution in [0.15, 0.2) is 60.0 Å². The third kappa shape index (κ3) is 6.74. The molecule has 0 atom stereocenters. The highest BCUT2D eigenvalue weighted by atomic mass is 35.5. The monoisotopic (exact) mass is 527 g/mol. The lowest BCUT2D eigenvalue weighted by Crippen LogP contribution is -2.44. The van der Waals surface area contributed by atoms with Crippen LogP contribution >= 0.6 is 11.6 Å². The summed E-state index contributed by atoms with van der Waals surface area (Å²) in [5.41, 5.74) is 0.287. The number of hydrogen-bond donors (Lipinski definition) is 1. The number of carbonyl (C=O) groups is 1. The molecule has 13 heteroatoms. The Hall–Kier alpha value is -3.09. The summed E-state index contributed by atoms with van der Waals surface area (Å²) in [6.07, 6.45) is -0.448. The average molecular weight is 528 g/mol. The minimum absolute atomic E-state index is 0.0610. The number of benzene rings is 1. The van der Waals surface area contributed by atoms with Crippen molar-refractivity contribution < 1.29 is 26.4 Å². The second-order valence-electron chi connectivity index (χ2n) is 7.74. The second-order valence-corrected chi connectivity index (χ2v) is 10.1. The highest BCUT2D eigenvalue weighted by Gasteiger charge is 2.33. The number of pyridine rings is 1. The fraction of sp³-hybridized carbons (Fsp3) is 0.273. The molecule has 0 spiro atoms. The summed E-state index contributed by atoms with van der Waals surface area (Å²) >= 11 is 5.86. The molecular weight excluding hydrogens is 507 g/mol. The van der Waals surface area contributed by atoms with Gasteiger partial charge in [-0.25, -0.2) is 13.4 Å². The molecule has 1 aromatic carbocycles. The maximum Gasteiger partial charge on any atom is 0.434 e. The van der Waals surface area contributed by atoms with Crippen molar-refractivity contribution in [2.24, 2.45) is 0 Å². The molecule has 1 N–H and O–H groups in total. The van der Waals surface area contributed by atoms with Crippen LogP contribution in [0.2, 0.25) is 5.02 Å². The Morgan fingerprint density at radius 1 is 1.11 bits per heavy atom. The lowest BCUT2D eigenvalue weighted by Gasteiger charge is -2.25. The summed E-state index contributed by atoms with van der Waals surface area (Å²) in [6.45, 7) is 2.90. The van der Waals surface area contributed by atoms with Crippen molar-refractivity contribution in [3.05, 3.63) is 71.4 Å². The first-order valence-electron chi connectivity index (χ1n) is 10.3. The standard InChI is InChI=1S/C22H21ClF3N5O3S/c1-14(2)31(35(33,34)18-7-17(23)9-27-10-18)13-21(32)30-8-15-4-3-5-16(6-15)19-11-29-20(12-28-19)22(24,25)26/h3-7,9-12,14H,8,13H2,1-2H3,(H,30,32). The molecule has 1 amide bonds. The number of rotatable bonds is 8. The van der Waals surface area contributed by atoms with Crippen LogP contribution in [0.25, 0.3) is 11.3 Å². The van der Waals surface area contributed by atoms with Gasteiger partial charge in [0, 0.05) is 30.5 Å². The van der Waals surface area contributed by atoms with Gasteiger partial charge in [0.2, 0.25) is 15.9 Å². The van der Waals surface area contributed by atoms with Gasteiger partial charge < -0.3 is 5.32 Å². The molecule has 35 heavy (non-hydrogen) atoms. The number of aromatic nitrogens is 3. The number of alkyl halides is 3. The number of nitrogens with one attached hydrogen (secondary N) is 1. The summed E-state index contributed by atoms with van der Waals surface area (Å²) in [5, 5.41) is 2.81. The Balaban J connectivity index is 1.69. The molecule has 186 valence electrons. The summed E-state index contributed by atoms with van der Waals surface area (Å²) in [6, 6.07) is 7.39. The van der Waals surface area contributed by atoms with E-state index in [1.807, 2.05) is 0 Å².